The number of nitrogens with one attached hydrogen (secondary N) is 4. The van der Waals surface area contributed by atoms with E-state index in [1.165, 1.54) is 44.8 Å². The highest BCUT2D eigenvalue weighted by molar-refractivity contribution is 6.19. The molecule has 1 aliphatic carbocycles. The monoisotopic (exact) mass is 833 g/mol. The summed E-state index contributed by atoms with van der Waals surface area (Å²) in [5.41, 5.74) is 9.31. The summed E-state index contributed by atoms with van der Waals surface area (Å²) in [5, 5.41) is 17.0. The van der Waals surface area contributed by atoms with Crippen LogP contribution in [0.5, 0.6) is 0 Å². The Hall–Kier alpha value is -5.25. The zero-order valence-electron chi connectivity index (χ0n) is 37.9. The van der Waals surface area contributed by atoms with Gasteiger partial charge in [0.25, 0.3) is 0 Å². The van der Waals surface area contributed by atoms with Crippen molar-refractivity contribution in [1.29, 1.82) is 0 Å². The first-order chi connectivity index (χ1) is 29.3. The number of rotatable bonds is 17. The van der Waals surface area contributed by atoms with E-state index in [9.17, 15) is 19.5 Å². The van der Waals surface area contributed by atoms with Crippen LogP contribution in [0.2, 0.25) is 0 Å². The van der Waals surface area contributed by atoms with Gasteiger partial charge in [0.15, 0.2) is 5.78 Å². The van der Waals surface area contributed by atoms with Crippen LogP contribution in [-0.4, -0.2) is 57.5 Å². The highest BCUT2D eigenvalue weighted by atomic mass is 16.5. The van der Waals surface area contributed by atoms with Crippen LogP contribution in [0.3, 0.4) is 0 Å². The molecule has 328 valence electrons. The molecule has 5 N–H and O–H groups in total. The SMILES string of the molecule is C=Cc1c2[nH]c(c1C)/C=C1/NC(C3=c4[nH]/c(c(C)c4C(=O)[C@@H]3C(=O)OC)=C\c3[nH]c(/c(=C\O)c3CC)=C\2)[C@@H](CCC(=O)OC/C=C(\C)CCC[C@H](C)CCC[C@H](C)CC)[C@@H]1C. The Labute approximate surface area is 361 Å². The van der Waals surface area contributed by atoms with E-state index in [1.807, 2.05) is 45.1 Å². The molecule has 6 atom stereocenters. The number of H-pyrrole nitrogens is 3. The van der Waals surface area contributed by atoms with Crippen molar-refractivity contribution in [2.24, 2.45) is 29.6 Å². The van der Waals surface area contributed by atoms with Gasteiger partial charge in [0.1, 0.15) is 12.5 Å². The van der Waals surface area contributed by atoms with E-state index < -0.39 is 17.9 Å². The van der Waals surface area contributed by atoms with Gasteiger partial charge in [0, 0.05) is 56.8 Å². The average molecular weight is 833 g/mol. The highest BCUT2D eigenvalue weighted by Gasteiger charge is 2.49. The predicted molar refractivity (Wildman–Crippen MR) is 245 cm³/mol. The molecule has 1 saturated heterocycles. The summed E-state index contributed by atoms with van der Waals surface area (Å²) < 4.78 is 11.1. The molecule has 2 aliphatic heterocycles. The lowest BCUT2D eigenvalue weighted by Gasteiger charge is -2.25. The van der Waals surface area contributed by atoms with Crippen LogP contribution in [0.4, 0.5) is 0 Å². The molecule has 61 heavy (non-hydrogen) atoms. The van der Waals surface area contributed by atoms with Gasteiger partial charge < -0.3 is 34.8 Å². The number of ether oxygens (including phenoxy) is 2. The lowest BCUT2D eigenvalue weighted by Crippen LogP contribution is -2.38. The third kappa shape index (κ3) is 9.33. The zero-order chi connectivity index (χ0) is 44.1. The smallest absolute Gasteiger partial charge is 0.320 e. The van der Waals surface area contributed by atoms with Crippen LogP contribution in [0.25, 0.3) is 36.1 Å². The molecule has 0 radical (unpaired) electrons. The largest absolute Gasteiger partial charge is 0.515 e. The third-order valence-electron chi connectivity index (χ3n) is 13.9. The first-order valence-corrected chi connectivity index (χ1v) is 22.5. The van der Waals surface area contributed by atoms with E-state index in [4.69, 9.17) is 9.47 Å². The van der Waals surface area contributed by atoms with Crippen molar-refractivity contribution in [2.75, 3.05) is 13.7 Å². The van der Waals surface area contributed by atoms with Gasteiger partial charge in [0.05, 0.1) is 30.1 Å². The van der Waals surface area contributed by atoms with E-state index >= 15 is 0 Å². The number of fused-ring (bicyclic) bond motifs is 8. The maximum absolute atomic E-state index is 14.4. The Bertz CT molecular complexity index is 2470. The van der Waals surface area contributed by atoms with Crippen LogP contribution >= 0.6 is 0 Å². The number of esters is 2. The molecule has 0 spiro atoms. The van der Waals surface area contributed by atoms with E-state index in [-0.39, 0.29) is 36.6 Å². The van der Waals surface area contributed by atoms with Crippen LogP contribution < -0.4 is 26.6 Å². The van der Waals surface area contributed by atoms with Gasteiger partial charge in [-0.3, -0.25) is 14.4 Å². The maximum Gasteiger partial charge on any atom is 0.320 e. The minimum absolute atomic E-state index is 0.0874. The number of Topliss-reactive ketones (excluding diaryl/α,β-unsaturated/α-hetero) is 1. The van der Waals surface area contributed by atoms with Crippen LogP contribution in [0.15, 0.2) is 23.9 Å². The molecule has 0 amide bonds. The summed E-state index contributed by atoms with van der Waals surface area (Å²) in [4.78, 5) is 52.1. The van der Waals surface area contributed by atoms with Gasteiger partial charge in [-0.2, -0.15) is 0 Å². The van der Waals surface area contributed by atoms with E-state index in [0.717, 1.165) is 86.7 Å². The molecular formula is C51H68N4O6. The summed E-state index contributed by atoms with van der Waals surface area (Å²) in [7, 11) is 1.31. The quantitative estimate of drug-likeness (QED) is 0.0539. The van der Waals surface area contributed by atoms with Gasteiger partial charge in [-0.15, -0.1) is 0 Å². The second kappa shape index (κ2) is 19.6. The van der Waals surface area contributed by atoms with Crippen LogP contribution in [-0.2, 0) is 25.5 Å². The van der Waals surface area contributed by atoms with E-state index in [1.54, 1.807) is 0 Å². The molecule has 6 rings (SSSR count). The molecule has 5 heterocycles. The minimum atomic E-state index is -1.14. The number of hydrogen-bond donors (Lipinski definition) is 5. The molecule has 0 saturated carbocycles. The first-order valence-electron chi connectivity index (χ1n) is 22.5. The Kier molecular flexibility index (Phi) is 14.6. The normalized spacial score (nSPS) is 22.7. The summed E-state index contributed by atoms with van der Waals surface area (Å²) in [5.74, 6) is -1.08. The molecule has 3 aromatic heterocycles. The third-order valence-corrected chi connectivity index (χ3v) is 13.9. The summed E-state index contributed by atoms with van der Waals surface area (Å²) in [6.45, 7) is 21.5. The molecule has 1 fully saturated rings. The molecule has 1 unspecified atom stereocenters. The van der Waals surface area contributed by atoms with Crippen molar-refractivity contribution in [2.45, 2.75) is 126 Å². The van der Waals surface area contributed by atoms with Gasteiger partial charge in [-0.05, 0) is 111 Å². The van der Waals surface area contributed by atoms with Gasteiger partial charge >= 0.3 is 11.9 Å². The molecule has 10 nitrogen and oxygen atoms in total. The molecule has 8 bridgehead atoms. The Morgan fingerprint density at radius 2 is 1.66 bits per heavy atom. The van der Waals surface area contributed by atoms with Crippen molar-refractivity contribution in [3.8, 4) is 0 Å². The number of carbonyl (C=O) groups excluding carboxylic acids is 3. The van der Waals surface area contributed by atoms with Crippen molar-refractivity contribution < 1.29 is 29.0 Å². The zero-order valence-corrected chi connectivity index (χ0v) is 37.9. The van der Waals surface area contributed by atoms with Crippen molar-refractivity contribution in [1.82, 2.24) is 20.3 Å². The number of aromatic amines is 3. The fourth-order valence-electron chi connectivity index (χ4n) is 9.84. The first kappa shape index (κ1) is 45.3. The number of methoxy groups -OCH3 is 1. The maximum atomic E-state index is 14.4. The van der Waals surface area contributed by atoms with Gasteiger partial charge in [-0.1, -0.05) is 85.0 Å². The molecule has 3 aliphatic rings. The molecule has 3 aromatic rings. The Morgan fingerprint density at radius 1 is 0.934 bits per heavy atom. The molecular weight excluding hydrogens is 765 g/mol. The number of carbonyl (C=O) groups is 3. The van der Waals surface area contributed by atoms with Crippen molar-refractivity contribution >= 4 is 53.9 Å². The number of aliphatic hydroxyl groups is 1. The standard InChI is InChI=1S/C51H68N4O6/c1-11-28(4)16-14-17-29(5)18-15-19-30(6)22-23-61-44(57)21-20-36-32(8)39-24-38-31(7)34(12-2)41(52-38)26-43-37(27-56)35(13-3)42(53-43)25-40-33(9)45-49(55-40)46(48(36)54-39)47(50(45)58)51(59)60-10/h12,22,24-29,32,36,47-48,52-56H,2,11,13-21,23H2,1,3-10H3/b30-22+,37-27-,39-24+,40-25-,43-26-/t28-,29-,32+,36+,47-,48?/m1/s1. The number of allylic oxidation sites excluding steroid dienone is 2. The van der Waals surface area contributed by atoms with Gasteiger partial charge in [0.2, 0.25) is 0 Å². The second-order valence-corrected chi connectivity index (χ2v) is 17.9. The molecule has 10 heteroatoms. The minimum Gasteiger partial charge on any atom is -0.515 e. The van der Waals surface area contributed by atoms with E-state index in [2.05, 4.69) is 67.5 Å². The summed E-state index contributed by atoms with van der Waals surface area (Å²) >= 11 is 0. The lowest BCUT2D eigenvalue weighted by atomic mass is 9.80. The average Bonchev–Trinajstić information content (AvgIpc) is 3.99. The Morgan fingerprint density at radius 3 is 2.34 bits per heavy atom. The second-order valence-electron chi connectivity index (χ2n) is 17.9. The van der Waals surface area contributed by atoms with Crippen LogP contribution in [0.1, 0.15) is 149 Å². The number of ketones is 1. The molecule has 0 aromatic carbocycles. The fourth-order valence-corrected chi connectivity index (χ4v) is 9.84. The number of aliphatic hydroxyl groups excluding tert-OH is 1. The Balaban J connectivity index is 1.32. The van der Waals surface area contributed by atoms with Crippen LogP contribution in [0, 0.1) is 43.4 Å². The topological polar surface area (TPSA) is 149 Å². The summed E-state index contributed by atoms with van der Waals surface area (Å²) in [6, 6.07) is -0.471. The number of aromatic nitrogens is 3. The van der Waals surface area contributed by atoms with Crippen molar-refractivity contribution in [3.05, 3.63) is 90.1 Å². The summed E-state index contributed by atoms with van der Waals surface area (Å²) in [6.07, 6.45) is 20.8. The predicted octanol–water partition coefficient (Wildman–Crippen LogP) is 7.45. The van der Waals surface area contributed by atoms with Gasteiger partial charge in [-0.25, -0.2) is 0 Å². The lowest BCUT2D eigenvalue weighted by molar-refractivity contribution is -0.143. The fraction of sp³-hybridized carbons (Fsp3) is 0.510. The van der Waals surface area contributed by atoms with E-state index in [0.29, 0.717) is 34.5 Å². The highest BCUT2D eigenvalue weighted by Crippen LogP contribution is 2.42. The van der Waals surface area contributed by atoms with Crippen molar-refractivity contribution in [3.63, 3.8) is 0 Å². The number of hydrogen-bond acceptors (Lipinski definition) is 7.